The number of thiophene rings is 1. The van der Waals surface area contributed by atoms with Gasteiger partial charge >= 0.3 is 0 Å². The Hall–Kier alpha value is -0.460. The van der Waals surface area contributed by atoms with Gasteiger partial charge in [-0.2, -0.15) is 0 Å². The van der Waals surface area contributed by atoms with Gasteiger partial charge < -0.3 is 5.32 Å². The first-order valence-electron chi connectivity index (χ1n) is 6.52. The van der Waals surface area contributed by atoms with E-state index in [1.807, 2.05) is 18.5 Å². The first kappa shape index (κ1) is 14.5. The van der Waals surface area contributed by atoms with Gasteiger partial charge in [-0.15, -0.1) is 11.3 Å². The molecule has 0 aliphatic carbocycles. The van der Waals surface area contributed by atoms with Crippen molar-refractivity contribution in [1.29, 1.82) is 0 Å². The number of piperazine rings is 1. The van der Waals surface area contributed by atoms with Gasteiger partial charge in [-0.25, -0.2) is 0 Å². The van der Waals surface area contributed by atoms with Crippen LogP contribution in [-0.2, 0) is 6.54 Å². The van der Waals surface area contributed by atoms with Crippen LogP contribution in [-0.4, -0.2) is 29.5 Å². The molecule has 3 rings (SSSR count). The zero-order valence-corrected chi connectivity index (χ0v) is 14.0. The average molecular weight is 373 g/mol. The van der Waals surface area contributed by atoms with Gasteiger partial charge in [0.1, 0.15) is 4.34 Å². The quantitative estimate of drug-likeness (QED) is 0.890. The van der Waals surface area contributed by atoms with Crippen LogP contribution in [0.4, 0.5) is 0 Å². The Morgan fingerprint density at radius 3 is 3.15 bits per heavy atom. The van der Waals surface area contributed by atoms with Gasteiger partial charge in [-0.3, -0.25) is 9.88 Å². The van der Waals surface area contributed by atoms with Gasteiger partial charge in [0.15, 0.2) is 0 Å². The van der Waals surface area contributed by atoms with Crippen molar-refractivity contribution in [2.24, 2.45) is 0 Å². The number of rotatable bonds is 3. The molecule has 0 saturated carbocycles. The van der Waals surface area contributed by atoms with Gasteiger partial charge in [0.25, 0.3) is 0 Å². The third-order valence-electron chi connectivity index (χ3n) is 3.48. The maximum Gasteiger partial charge on any atom is 0.107 e. The van der Waals surface area contributed by atoms with E-state index in [1.54, 1.807) is 11.3 Å². The molecule has 106 valence electrons. The van der Waals surface area contributed by atoms with Crippen LogP contribution in [0.2, 0.25) is 4.34 Å². The molecule has 0 radical (unpaired) electrons. The van der Waals surface area contributed by atoms with Gasteiger partial charge in [0.2, 0.25) is 0 Å². The Balaban J connectivity index is 1.79. The lowest BCUT2D eigenvalue weighted by atomic mass is 10.1. The topological polar surface area (TPSA) is 28.2 Å². The van der Waals surface area contributed by atoms with Crippen LogP contribution in [0, 0.1) is 0 Å². The summed E-state index contributed by atoms with van der Waals surface area (Å²) in [5.74, 6) is 0. The zero-order valence-electron chi connectivity index (χ0n) is 10.9. The number of aromatic nitrogens is 1. The van der Waals surface area contributed by atoms with E-state index in [4.69, 9.17) is 11.6 Å². The van der Waals surface area contributed by atoms with Crippen molar-refractivity contribution in [1.82, 2.24) is 15.2 Å². The lowest BCUT2D eigenvalue weighted by Crippen LogP contribution is -2.45. The molecular formula is C14H15BrClN3S. The molecule has 6 heteroatoms. The lowest BCUT2D eigenvalue weighted by Gasteiger charge is -2.36. The minimum Gasteiger partial charge on any atom is -0.314 e. The number of hydrogen-bond donors (Lipinski definition) is 1. The van der Waals surface area contributed by atoms with Gasteiger partial charge in [-0.1, -0.05) is 17.7 Å². The summed E-state index contributed by atoms with van der Waals surface area (Å²) >= 11 is 11.3. The van der Waals surface area contributed by atoms with E-state index in [9.17, 15) is 0 Å². The molecule has 3 heterocycles. The summed E-state index contributed by atoms with van der Waals surface area (Å²) in [6, 6.07) is 6.64. The maximum absolute atomic E-state index is 6.13. The van der Waals surface area contributed by atoms with E-state index in [2.05, 4.69) is 43.3 Å². The van der Waals surface area contributed by atoms with Crippen molar-refractivity contribution >= 4 is 38.9 Å². The summed E-state index contributed by atoms with van der Waals surface area (Å²) in [5, 5.41) is 3.46. The normalized spacial score (nSPS) is 20.2. The highest BCUT2D eigenvalue weighted by Gasteiger charge is 2.24. The Kier molecular flexibility index (Phi) is 4.73. The first-order valence-corrected chi connectivity index (χ1v) is 8.51. The standard InChI is InChI=1S/C14H15BrClN3S/c15-12-6-11(20-14(12)16)9-19-5-4-18-8-13(19)10-2-1-3-17-7-10/h1-3,6-7,13,18H,4-5,8-9H2. The Bertz CT molecular complexity index is 556. The van der Waals surface area contributed by atoms with Gasteiger partial charge in [0.05, 0.1) is 0 Å². The molecule has 1 aliphatic heterocycles. The summed E-state index contributed by atoms with van der Waals surface area (Å²) < 4.78 is 1.82. The fourth-order valence-corrected chi connectivity index (χ4v) is 4.32. The van der Waals surface area contributed by atoms with Crippen LogP contribution in [0.15, 0.2) is 35.1 Å². The number of nitrogens with zero attached hydrogens (tertiary/aromatic N) is 2. The van der Waals surface area contributed by atoms with Gasteiger partial charge in [-0.05, 0) is 33.6 Å². The second-order valence-corrected chi connectivity index (χ2v) is 7.40. The van der Waals surface area contributed by atoms with E-state index in [-0.39, 0.29) is 0 Å². The lowest BCUT2D eigenvalue weighted by molar-refractivity contribution is 0.155. The molecule has 2 aromatic heterocycles. The van der Waals surface area contributed by atoms with E-state index < -0.39 is 0 Å². The van der Waals surface area contributed by atoms with Crippen molar-refractivity contribution in [3.8, 4) is 0 Å². The molecular weight excluding hydrogens is 358 g/mol. The highest BCUT2D eigenvalue weighted by atomic mass is 79.9. The highest BCUT2D eigenvalue weighted by Crippen LogP contribution is 2.34. The summed E-state index contributed by atoms with van der Waals surface area (Å²) in [5.41, 5.74) is 1.27. The van der Waals surface area contributed by atoms with Crippen LogP contribution >= 0.6 is 38.9 Å². The number of pyridine rings is 1. The summed E-state index contributed by atoms with van der Waals surface area (Å²) in [6.45, 7) is 3.95. The van der Waals surface area contributed by atoms with Crippen molar-refractivity contribution in [2.45, 2.75) is 12.6 Å². The molecule has 1 fully saturated rings. The van der Waals surface area contributed by atoms with E-state index in [0.717, 1.165) is 35.0 Å². The summed E-state index contributed by atoms with van der Waals surface area (Å²) in [6.07, 6.45) is 3.78. The van der Waals surface area contributed by atoms with Crippen LogP contribution in [0.5, 0.6) is 0 Å². The molecule has 0 bridgehead atoms. The fraction of sp³-hybridized carbons (Fsp3) is 0.357. The van der Waals surface area contributed by atoms with E-state index in [1.165, 1.54) is 10.4 Å². The SMILES string of the molecule is Clc1sc(CN2CCNCC2c2cccnc2)cc1Br. The predicted octanol–water partition coefficient (Wildman–Crippen LogP) is 3.71. The zero-order chi connectivity index (χ0) is 13.9. The fourth-order valence-electron chi connectivity index (χ4n) is 2.51. The van der Waals surface area contributed by atoms with Crippen LogP contribution < -0.4 is 5.32 Å². The minimum absolute atomic E-state index is 0.372. The largest absolute Gasteiger partial charge is 0.314 e. The monoisotopic (exact) mass is 371 g/mol. The molecule has 1 N–H and O–H groups in total. The third-order valence-corrected chi connectivity index (χ3v) is 5.94. The second kappa shape index (κ2) is 6.54. The Morgan fingerprint density at radius 1 is 1.55 bits per heavy atom. The van der Waals surface area contributed by atoms with E-state index >= 15 is 0 Å². The molecule has 0 aromatic carbocycles. The summed E-state index contributed by atoms with van der Waals surface area (Å²) in [7, 11) is 0. The highest BCUT2D eigenvalue weighted by molar-refractivity contribution is 9.10. The van der Waals surface area contributed by atoms with Crippen molar-refractivity contribution in [3.63, 3.8) is 0 Å². The smallest absolute Gasteiger partial charge is 0.107 e. The molecule has 1 saturated heterocycles. The van der Waals surface area contributed by atoms with Gasteiger partial charge in [0, 0.05) is 54.0 Å². The Labute approximate surface area is 136 Å². The van der Waals surface area contributed by atoms with Crippen LogP contribution in [0.1, 0.15) is 16.5 Å². The maximum atomic E-state index is 6.13. The minimum atomic E-state index is 0.372. The first-order chi connectivity index (χ1) is 9.74. The molecule has 0 amide bonds. The van der Waals surface area contributed by atoms with E-state index in [0.29, 0.717) is 6.04 Å². The number of nitrogens with one attached hydrogen (secondary N) is 1. The van der Waals surface area contributed by atoms with Crippen molar-refractivity contribution in [2.75, 3.05) is 19.6 Å². The molecule has 3 nitrogen and oxygen atoms in total. The molecule has 0 spiro atoms. The molecule has 2 aromatic rings. The summed E-state index contributed by atoms with van der Waals surface area (Å²) in [4.78, 5) is 8.02. The number of halogens is 2. The predicted molar refractivity (Wildman–Crippen MR) is 87.3 cm³/mol. The number of hydrogen-bond acceptors (Lipinski definition) is 4. The second-order valence-electron chi connectivity index (χ2n) is 4.81. The molecule has 1 aliphatic rings. The van der Waals surface area contributed by atoms with Crippen LogP contribution in [0.25, 0.3) is 0 Å². The Morgan fingerprint density at radius 2 is 2.45 bits per heavy atom. The molecule has 1 atom stereocenters. The third kappa shape index (κ3) is 3.23. The average Bonchev–Trinajstić information content (AvgIpc) is 2.79. The van der Waals surface area contributed by atoms with Crippen molar-refractivity contribution < 1.29 is 0 Å². The molecule has 1 unspecified atom stereocenters. The molecule has 20 heavy (non-hydrogen) atoms. The van der Waals surface area contributed by atoms with Crippen LogP contribution in [0.3, 0.4) is 0 Å². The van der Waals surface area contributed by atoms with Crippen molar-refractivity contribution in [3.05, 3.63) is 49.8 Å².